The highest BCUT2D eigenvalue weighted by Crippen LogP contribution is 2.26. The zero-order chi connectivity index (χ0) is 19.0. The summed E-state index contributed by atoms with van der Waals surface area (Å²) in [5.41, 5.74) is 3.85. The van der Waals surface area contributed by atoms with Gasteiger partial charge in [0.2, 0.25) is 0 Å². The zero-order valence-electron chi connectivity index (χ0n) is 15.4. The fourth-order valence-corrected chi connectivity index (χ4v) is 4.36. The van der Waals surface area contributed by atoms with Crippen LogP contribution in [0, 0.1) is 6.92 Å². The molecule has 4 rings (SSSR count). The molecule has 1 aliphatic heterocycles. The number of carbonyl (C=O) groups excluding carboxylic acids is 1. The molecule has 0 aliphatic carbocycles. The maximum Gasteiger partial charge on any atom is 0.273 e. The number of aromatic nitrogens is 2. The molecule has 2 aromatic heterocycles. The van der Waals surface area contributed by atoms with E-state index in [-0.39, 0.29) is 5.91 Å². The van der Waals surface area contributed by atoms with Crippen molar-refractivity contribution in [2.75, 3.05) is 31.1 Å². The van der Waals surface area contributed by atoms with Crippen LogP contribution in [0.4, 0.5) is 5.69 Å². The second-order valence-corrected chi connectivity index (χ2v) is 8.01. The average molecular weight is 401 g/mol. The van der Waals surface area contributed by atoms with Crippen molar-refractivity contribution >= 4 is 34.5 Å². The van der Waals surface area contributed by atoms with Crippen LogP contribution >= 0.6 is 22.9 Å². The number of hydrogen-bond acceptors (Lipinski definition) is 4. The Balaban J connectivity index is 1.43. The third-order valence-electron chi connectivity index (χ3n) is 5.06. The molecule has 1 amide bonds. The van der Waals surface area contributed by atoms with Crippen molar-refractivity contribution in [1.29, 1.82) is 0 Å². The number of thiazole rings is 1. The number of halogens is 1. The number of piperazine rings is 1. The zero-order valence-corrected chi connectivity index (χ0v) is 16.9. The van der Waals surface area contributed by atoms with Crippen LogP contribution in [-0.4, -0.2) is 46.5 Å². The van der Waals surface area contributed by atoms with Crippen LogP contribution in [0.3, 0.4) is 0 Å². The largest absolute Gasteiger partial charge is 0.368 e. The Morgan fingerprint density at radius 2 is 1.93 bits per heavy atom. The third kappa shape index (κ3) is 3.59. The van der Waals surface area contributed by atoms with E-state index in [1.165, 1.54) is 17.0 Å². The van der Waals surface area contributed by atoms with Crippen LogP contribution in [0.2, 0.25) is 5.02 Å². The lowest BCUT2D eigenvalue weighted by molar-refractivity contribution is 0.0742. The van der Waals surface area contributed by atoms with Gasteiger partial charge in [0.15, 0.2) is 0 Å². The summed E-state index contributed by atoms with van der Waals surface area (Å²) in [6, 6.07) is 12.0. The lowest BCUT2D eigenvalue weighted by Crippen LogP contribution is -2.48. The molecule has 5 nitrogen and oxygen atoms in total. The quantitative estimate of drug-likeness (QED) is 0.665. The summed E-state index contributed by atoms with van der Waals surface area (Å²) in [5.74, 6) is 0.00850. The Labute approximate surface area is 167 Å². The number of benzene rings is 1. The summed E-state index contributed by atoms with van der Waals surface area (Å²) in [7, 11) is 2.02. The summed E-state index contributed by atoms with van der Waals surface area (Å²) in [6.45, 7) is 5.01. The van der Waals surface area contributed by atoms with Crippen LogP contribution < -0.4 is 4.90 Å². The first-order valence-electron chi connectivity index (χ1n) is 8.91. The highest BCUT2D eigenvalue weighted by molar-refractivity contribution is 7.13. The first-order valence-corrected chi connectivity index (χ1v) is 10.2. The van der Waals surface area contributed by atoms with Gasteiger partial charge in [0, 0.05) is 55.0 Å². The molecule has 1 aromatic carbocycles. The Morgan fingerprint density at radius 1 is 1.15 bits per heavy atom. The fraction of sp³-hybridized carbons (Fsp3) is 0.300. The highest BCUT2D eigenvalue weighted by atomic mass is 35.5. The van der Waals surface area contributed by atoms with Gasteiger partial charge in [0.25, 0.3) is 5.91 Å². The van der Waals surface area contributed by atoms with Crippen molar-refractivity contribution in [3.63, 3.8) is 0 Å². The Morgan fingerprint density at radius 3 is 2.59 bits per heavy atom. The summed E-state index contributed by atoms with van der Waals surface area (Å²) < 4.78 is 2.09. The van der Waals surface area contributed by atoms with Crippen molar-refractivity contribution in [2.24, 2.45) is 7.05 Å². The molecule has 0 saturated carbocycles. The maximum atomic E-state index is 12.9. The van der Waals surface area contributed by atoms with Gasteiger partial charge in [-0.05, 0) is 37.3 Å². The van der Waals surface area contributed by atoms with Crippen molar-refractivity contribution in [3.05, 3.63) is 58.2 Å². The molecule has 0 unspecified atom stereocenters. The molecule has 7 heteroatoms. The van der Waals surface area contributed by atoms with Gasteiger partial charge in [-0.15, -0.1) is 11.3 Å². The van der Waals surface area contributed by atoms with Crippen LogP contribution in [-0.2, 0) is 7.05 Å². The monoisotopic (exact) mass is 400 g/mol. The van der Waals surface area contributed by atoms with Gasteiger partial charge in [-0.3, -0.25) is 4.79 Å². The Bertz CT molecular complexity index is 972. The molecule has 1 saturated heterocycles. The summed E-state index contributed by atoms with van der Waals surface area (Å²) >= 11 is 7.61. The number of hydrogen-bond donors (Lipinski definition) is 0. The van der Waals surface area contributed by atoms with Gasteiger partial charge < -0.3 is 14.4 Å². The van der Waals surface area contributed by atoms with Gasteiger partial charge in [-0.2, -0.15) is 0 Å². The smallest absolute Gasteiger partial charge is 0.273 e. The molecule has 0 N–H and O–H groups in total. The van der Waals surface area contributed by atoms with E-state index in [0.29, 0.717) is 18.8 Å². The minimum absolute atomic E-state index is 0.00850. The first kappa shape index (κ1) is 18.1. The Kier molecular flexibility index (Phi) is 4.93. The SMILES string of the molecule is Cc1ccc(-c2nc(C(=O)N3CCN(c4cccc(Cl)c4)CC3)cs2)n1C. The van der Waals surface area contributed by atoms with Gasteiger partial charge in [0.1, 0.15) is 10.7 Å². The first-order chi connectivity index (χ1) is 13.0. The van der Waals surface area contributed by atoms with E-state index in [2.05, 4.69) is 33.5 Å². The van der Waals surface area contributed by atoms with Gasteiger partial charge >= 0.3 is 0 Å². The van der Waals surface area contributed by atoms with Crippen molar-refractivity contribution in [2.45, 2.75) is 6.92 Å². The number of carbonyl (C=O) groups is 1. The number of amides is 1. The van der Waals surface area contributed by atoms with E-state index >= 15 is 0 Å². The maximum absolute atomic E-state index is 12.9. The van der Waals surface area contributed by atoms with Gasteiger partial charge in [0.05, 0.1) is 5.69 Å². The van der Waals surface area contributed by atoms with Crippen molar-refractivity contribution < 1.29 is 4.79 Å². The number of rotatable bonds is 3. The number of nitrogens with zero attached hydrogens (tertiary/aromatic N) is 4. The molecular weight excluding hydrogens is 380 g/mol. The number of anilines is 1. The second kappa shape index (κ2) is 7.37. The van der Waals surface area contributed by atoms with E-state index in [1.54, 1.807) is 0 Å². The molecule has 0 atom stereocenters. The highest BCUT2D eigenvalue weighted by Gasteiger charge is 2.24. The molecule has 27 heavy (non-hydrogen) atoms. The van der Waals surface area contributed by atoms with Crippen LogP contribution in [0.15, 0.2) is 41.8 Å². The third-order valence-corrected chi connectivity index (χ3v) is 6.16. The molecule has 3 aromatic rings. The number of aryl methyl sites for hydroxylation is 1. The Hall–Kier alpha value is -2.31. The van der Waals surface area contributed by atoms with E-state index in [0.717, 1.165) is 34.5 Å². The lowest BCUT2D eigenvalue weighted by Gasteiger charge is -2.35. The predicted octanol–water partition coefficient (Wildman–Crippen LogP) is 4.07. The summed E-state index contributed by atoms with van der Waals surface area (Å²) in [6.07, 6.45) is 0. The second-order valence-electron chi connectivity index (χ2n) is 6.72. The predicted molar refractivity (Wildman–Crippen MR) is 111 cm³/mol. The molecular formula is C20H21ClN4OS. The van der Waals surface area contributed by atoms with Crippen molar-refractivity contribution in [3.8, 4) is 10.7 Å². The van der Waals surface area contributed by atoms with E-state index in [9.17, 15) is 4.79 Å². The average Bonchev–Trinajstić information content (AvgIpc) is 3.29. The van der Waals surface area contributed by atoms with Crippen LogP contribution in [0.1, 0.15) is 16.2 Å². The molecule has 3 heterocycles. The normalized spacial score (nSPS) is 14.6. The fourth-order valence-electron chi connectivity index (χ4n) is 3.32. The van der Waals surface area contributed by atoms with Gasteiger partial charge in [-0.25, -0.2) is 4.98 Å². The topological polar surface area (TPSA) is 41.4 Å². The van der Waals surface area contributed by atoms with E-state index < -0.39 is 0 Å². The molecule has 0 radical (unpaired) electrons. The minimum atomic E-state index is 0.00850. The van der Waals surface area contributed by atoms with E-state index in [1.807, 2.05) is 41.6 Å². The van der Waals surface area contributed by atoms with E-state index in [4.69, 9.17) is 11.6 Å². The molecule has 1 fully saturated rings. The molecule has 0 spiro atoms. The van der Waals surface area contributed by atoms with Crippen molar-refractivity contribution in [1.82, 2.24) is 14.5 Å². The lowest BCUT2D eigenvalue weighted by atomic mass is 10.2. The van der Waals surface area contributed by atoms with Crippen LogP contribution in [0.25, 0.3) is 10.7 Å². The van der Waals surface area contributed by atoms with Crippen LogP contribution in [0.5, 0.6) is 0 Å². The standard InChI is InChI=1S/C20H21ClN4OS/c1-14-6-7-18(23(14)2)19-22-17(13-27-19)20(26)25-10-8-24(9-11-25)16-5-3-4-15(21)12-16/h3-7,12-13H,8-11H2,1-2H3. The summed E-state index contributed by atoms with van der Waals surface area (Å²) in [5, 5.41) is 3.48. The molecule has 1 aliphatic rings. The molecule has 0 bridgehead atoms. The molecule has 140 valence electrons. The minimum Gasteiger partial charge on any atom is -0.368 e. The van der Waals surface area contributed by atoms with Gasteiger partial charge in [-0.1, -0.05) is 17.7 Å². The summed E-state index contributed by atoms with van der Waals surface area (Å²) in [4.78, 5) is 21.6.